The Labute approximate surface area is 92.5 Å². The molecule has 1 amide bonds. The first kappa shape index (κ1) is 12.2. The monoisotopic (exact) mass is 210 g/mol. The molecule has 1 fully saturated rings. The Balaban J connectivity index is 2.61. The normalized spacial score (nSPS) is 20.9. The van der Waals surface area contributed by atoms with Crippen molar-refractivity contribution in [3.8, 4) is 0 Å². The molecule has 0 aromatic heterocycles. The summed E-state index contributed by atoms with van der Waals surface area (Å²) >= 11 is 0. The summed E-state index contributed by atoms with van der Waals surface area (Å²) < 4.78 is 0. The zero-order chi connectivity index (χ0) is 11.3. The summed E-state index contributed by atoms with van der Waals surface area (Å²) in [5, 5.41) is 3.34. The van der Waals surface area contributed by atoms with Gasteiger partial charge in [-0.25, -0.2) is 0 Å². The van der Waals surface area contributed by atoms with Crippen LogP contribution in [-0.2, 0) is 4.79 Å². The molecule has 1 saturated heterocycles. The number of rotatable bonds is 3. The van der Waals surface area contributed by atoms with Gasteiger partial charge in [-0.2, -0.15) is 0 Å². The third-order valence-electron chi connectivity index (χ3n) is 2.75. The standard InChI is InChI=1S/C12H22N2O/c1-4-14(12(15)8-10(2)3)11-6-5-7-13-9-11/h8,11,13H,4-7,9H2,1-3H3. The Kier molecular flexibility index (Phi) is 4.82. The summed E-state index contributed by atoms with van der Waals surface area (Å²) in [5.74, 6) is 0.159. The lowest BCUT2D eigenvalue weighted by Gasteiger charge is -2.33. The summed E-state index contributed by atoms with van der Waals surface area (Å²) in [5.41, 5.74) is 1.07. The van der Waals surface area contributed by atoms with E-state index in [1.807, 2.05) is 25.7 Å². The zero-order valence-corrected chi connectivity index (χ0v) is 10.0. The fraction of sp³-hybridized carbons (Fsp3) is 0.750. The molecule has 0 radical (unpaired) electrons. The summed E-state index contributed by atoms with van der Waals surface area (Å²) in [6.45, 7) is 8.80. The van der Waals surface area contributed by atoms with Crippen LogP contribution in [0.1, 0.15) is 33.6 Å². The molecule has 1 N–H and O–H groups in total. The lowest BCUT2D eigenvalue weighted by molar-refractivity contribution is -0.128. The summed E-state index contributed by atoms with van der Waals surface area (Å²) in [4.78, 5) is 13.9. The molecule has 3 nitrogen and oxygen atoms in total. The molecule has 86 valence electrons. The van der Waals surface area contributed by atoms with Crippen LogP contribution in [-0.4, -0.2) is 36.5 Å². The minimum atomic E-state index is 0.159. The number of nitrogens with zero attached hydrogens (tertiary/aromatic N) is 1. The van der Waals surface area contributed by atoms with E-state index in [0.29, 0.717) is 6.04 Å². The highest BCUT2D eigenvalue weighted by atomic mass is 16.2. The third kappa shape index (κ3) is 3.67. The Hall–Kier alpha value is -0.830. The van der Waals surface area contributed by atoms with Crippen molar-refractivity contribution in [3.05, 3.63) is 11.6 Å². The molecule has 0 bridgehead atoms. The van der Waals surface area contributed by atoms with Crippen molar-refractivity contribution in [2.75, 3.05) is 19.6 Å². The first-order valence-electron chi connectivity index (χ1n) is 5.81. The molecule has 3 heteroatoms. The van der Waals surface area contributed by atoms with E-state index in [0.717, 1.165) is 31.6 Å². The average Bonchev–Trinajstić information content (AvgIpc) is 2.19. The molecule has 0 aromatic rings. The number of allylic oxidation sites excluding steroid dienone is 1. The number of amides is 1. The van der Waals surface area contributed by atoms with Crippen molar-refractivity contribution in [3.63, 3.8) is 0 Å². The van der Waals surface area contributed by atoms with E-state index in [2.05, 4.69) is 5.32 Å². The number of piperidine rings is 1. The average molecular weight is 210 g/mol. The highest BCUT2D eigenvalue weighted by Crippen LogP contribution is 2.11. The van der Waals surface area contributed by atoms with Crippen LogP contribution < -0.4 is 5.32 Å². The number of carbonyl (C=O) groups is 1. The van der Waals surface area contributed by atoms with Crippen LogP contribution in [0.4, 0.5) is 0 Å². The number of likely N-dealkylation sites (N-methyl/N-ethyl adjacent to an activating group) is 1. The van der Waals surface area contributed by atoms with Crippen molar-refractivity contribution in [1.82, 2.24) is 10.2 Å². The second-order valence-electron chi connectivity index (χ2n) is 4.35. The fourth-order valence-corrected chi connectivity index (χ4v) is 2.02. The summed E-state index contributed by atoms with van der Waals surface area (Å²) in [6, 6.07) is 0.381. The topological polar surface area (TPSA) is 32.3 Å². The van der Waals surface area contributed by atoms with E-state index in [4.69, 9.17) is 0 Å². The molecule has 1 atom stereocenters. The minimum absolute atomic E-state index is 0.159. The molecule has 0 saturated carbocycles. The maximum Gasteiger partial charge on any atom is 0.246 e. The first-order chi connectivity index (χ1) is 7.15. The summed E-state index contributed by atoms with van der Waals surface area (Å²) in [6.07, 6.45) is 4.03. The smallest absolute Gasteiger partial charge is 0.246 e. The maximum atomic E-state index is 11.9. The third-order valence-corrected chi connectivity index (χ3v) is 2.75. The van der Waals surface area contributed by atoms with Gasteiger partial charge in [0.1, 0.15) is 0 Å². The molecule has 15 heavy (non-hydrogen) atoms. The molecule has 0 spiro atoms. The molecule has 1 unspecified atom stereocenters. The van der Waals surface area contributed by atoms with Crippen LogP contribution in [0.15, 0.2) is 11.6 Å². The van der Waals surface area contributed by atoms with Crippen molar-refractivity contribution >= 4 is 5.91 Å². The van der Waals surface area contributed by atoms with Gasteiger partial charge in [0, 0.05) is 25.2 Å². The van der Waals surface area contributed by atoms with Gasteiger partial charge in [0.15, 0.2) is 0 Å². The SMILES string of the molecule is CCN(C(=O)C=C(C)C)C1CCCNC1. The molecule has 0 aliphatic carbocycles. The number of carbonyl (C=O) groups excluding carboxylic acids is 1. The Morgan fingerprint density at radius 1 is 1.53 bits per heavy atom. The molecular weight excluding hydrogens is 188 g/mol. The van der Waals surface area contributed by atoms with Crippen molar-refractivity contribution in [2.45, 2.75) is 39.7 Å². The first-order valence-corrected chi connectivity index (χ1v) is 5.81. The molecule has 1 heterocycles. The zero-order valence-electron chi connectivity index (χ0n) is 10.0. The van der Waals surface area contributed by atoms with Crippen LogP contribution >= 0.6 is 0 Å². The van der Waals surface area contributed by atoms with Gasteiger partial charge in [-0.1, -0.05) is 5.57 Å². The predicted molar refractivity (Wildman–Crippen MR) is 62.7 cm³/mol. The van der Waals surface area contributed by atoms with Gasteiger partial charge in [-0.15, -0.1) is 0 Å². The second-order valence-corrected chi connectivity index (χ2v) is 4.35. The quantitative estimate of drug-likeness (QED) is 0.717. The Morgan fingerprint density at radius 3 is 2.73 bits per heavy atom. The molecule has 1 rings (SSSR count). The van der Waals surface area contributed by atoms with Crippen LogP contribution in [0.2, 0.25) is 0 Å². The summed E-state index contributed by atoms with van der Waals surface area (Å²) in [7, 11) is 0. The van der Waals surface area contributed by atoms with Crippen molar-refractivity contribution < 1.29 is 4.79 Å². The molecule has 1 aliphatic heterocycles. The number of nitrogens with one attached hydrogen (secondary N) is 1. The van der Waals surface area contributed by atoms with Crippen LogP contribution in [0.3, 0.4) is 0 Å². The highest BCUT2D eigenvalue weighted by molar-refractivity contribution is 5.88. The number of hydrogen-bond donors (Lipinski definition) is 1. The predicted octanol–water partition coefficient (Wildman–Crippen LogP) is 1.55. The van der Waals surface area contributed by atoms with Gasteiger partial charge in [0.2, 0.25) is 5.91 Å². The molecule has 0 aromatic carbocycles. The van der Waals surface area contributed by atoms with Gasteiger partial charge in [0.05, 0.1) is 0 Å². The van der Waals surface area contributed by atoms with Crippen molar-refractivity contribution in [1.29, 1.82) is 0 Å². The maximum absolute atomic E-state index is 11.9. The molecule has 1 aliphatic rings. The van der Waals surface area contributed by atoms with Gasteiger partial charge >= 0.3 is 0 Å². The van der Waals surface area contributed by atoms with Crippen LogP contribution in [0.5, 0.6) is 0 Å². The van der Waals surface area contributed by atoms with E-state index < -0.39 is 0 Å². The van der Waals surface area contributed by atoms with Gasteiger partial charge < -0.3 is 10.2 Å². The Bertz CT molecular complexity index is 238. The second kappa shape index (κ2) is 5.91. The van der Waals surface area contributed by atoms with Crippen molar-refractivity contribution in [2.24, 2.45) is 0 Å². The van der Waals surface area contributed by atoms with E-state index in [1.54, 1.807) is 6.08 Å². The largest absolute Gasteiger partial charge is 0.335 e. The fourth-order valence-electron chi connectivity index (χ4n) is 2.02. The van der Waals surface area contributed by atoms with E-state index in [1.165, 1.54) is 6.42 Å². The number of hydrogen-bond acceptors (Lipinski definition) is 2. The van der Waals surface area contributed by atoms with Crippen LogP contribution in [0.25, 0.3) is 0 Å². The van der Waals surface area contributed by atoms with Gasteiger partial charge in [0.25, 0.3) is 0 Å². The van der Waals surface area contributed by atoms with E-state index in [9.17, 15) is 4.79 Å². The van der Waals surface area contributed by atoms with E-state index >= 15 is 0 Å². The van der Waals surface area contributed by atoms with E-state index in [-0.39, 0.29) is 5.91 Å². The van der Waals surface area contributed by atoms with Gasteiger partial charge in [-0.3, -0.25) is 4.79 Å². The van der Waals surface area contributed by atoms with Crippen LogP contribution in [0, 0.1) is 0 Å². The Morgan fingerprint density at radius 2 is 2.27 bits per heavy atom. The molecular formula is C12H22N2O. The lowest BCUT2D eigenvalue weighted by atomic mass is 10.1. The lowest BCUT2D eigenvalue weighted by Crippen LogP contribution is -2.48. The van der Waals surface area contributed by atoms with Gasteiger partial charge in [-0.05, 0) is 40.2 Å². The minimum Gasteiger partial charge on any atom is -0.335 e. The highest BCUT2D eigenvalue weighted by Gasteiger charge is 2.22.